The molecule has 0 aromatic carbocycles. The highest BCUT2D eigenvalue weighted by Gasteiger charge is 2.35. The zero-order valence-electron chi connectivity index (χ0n) is 13.3. The van der Waals surface area contributed by atoms with Crippen LogP contribution in [0.15, 0.2) is 28.5 Å². The lowest BCUT2D eigenvalue weighted by molar-refractivity contribution is -0.140. The van der Waals surface area contributed by atoms with Crippen LogP contribution in [0.2, 0.25) is 0 Å². The Balaban J connectivity index is 1.41. The molecule has 1 aliphatic heterocycles. The summed E-state index contributed by atoms with van der Waals surface area (Å²) in [6.45, 7) is 2.65. The monoisotopic (exact) mass is 345 g/mol. The highest BCUT2D eigenvalue weighted by Crippen LogP contribution is 2.31. The Morgan fingerprint density at radius 1 is 1.08 bits per heavy atom. The van der Waals surface area contributed by atoms with E-state index in [4.69, 9.17) is 0 Å². The van der Waals surface area contributed by atoms with Crippen LogP contribution in [-0.4, -0.2) is 52.4 Å². The fourth-order valence-electron chi connectivity index (χ4n) is 3.18. The summed E-state index contributed by atoms with van der Waals surface area (Å²) in [4.78, 5) is 40.1. The number of carbonyl (C=O) groups is 2. The average molecular weight is 345 g/mol. The van der Waals surface area contributed by atoms with Crippen molar-refractivity contribution in [1.29, 1.82) is 0 Å². The Hall–Kier alpha value is -2.15. The van der Waals surface area contributed by atoms with Crippen molar-refractivity contribution >= 4 is 33.4 Å². The number of pyridine rings is 1. The maximum Gasteiger partial charge on any atom is 0.242 e. The van der Waals surface area contributed by atoms with Crippen LogP contribution in [0.4, 0.5) is 0 Å². The van der Waals surface area contributed by atoms with Crippen LogP contribution in [0.1, 0.15) is 12.8 Å². The largest absolute Gasteiger partial charge is 0.339 e. The molecule has 3 heterocycles. The van der Waals surface area contributed by atoms with Crippen molar-refractivity contribution in [3.05, 3.63) is 33.9 Å². The SMILES string of the molecule is O=C(Cn1ccc(=O)c2sccc21)N1CCN(C(=O)C2CC2)CC1. The maximum absolute atomic E-state index is 12.6. The second kappa shape index (κ2) is 6.05. The Morgan fingerprint density at radius 3 is 2.50 bits per heavy atom. The van der Waals surface area contributed by atoms with E-state index in [-0.39, 0.29) is 29.7 Å². The van der Waals surface area contributed by atoms with Gasteiger partial charge in [0.05, 0.1) is 10.2 Å². The van der Waals surface area contributed by atoms with E-state index in [1.807, 2.05) is 25.8 Å². The summed E-state index contributed by atoms with van der Waals surface area (Å²) in [5, 5.41) is 1.87. The van der Waals surface area contributed by atoms with Gasteiger partial charge < -0.3 is 14.4 Å². The lowest BCUT2D eigenvalue weighted by Gasteiger charge is -2.35. The van der Waals surface area contributed by atoms with Crippen LogP contribution in [0.25, 0.3) is 10.2 Å². The van der Waals surface area contributed by atoms with E-state index < -0.39 is 0 Å². The normalized spacial score (nSPS) is 18.2. The minimum Gasteiger partial charge on any atom is -0.339 e. The fourth-order valence-corrected chi connectivity index (χ4v) is 4.00. The molecular formula is C17H19N3O3S. The van der Waals surface area contributed by atoms with E-state index in [0.717, 1.165) is 18.4 Å². The number of rotatable bonds is 3. The number of piperazine rings is 1. The summed E-state index contributed by atoms with van der Waals surface area (Å²) < 4.78 is 2.52. The van der Waals surface area contributed by atoms with E-state index in [9.17, 15) is 14.4 Å². The Labute approximate surface area is 143 Å². The third-order valence-corrected chi connectivity index (χ3v) is 5.68. The molecule has 24 heavy (non-hydrogen) atoms. The number of thiophene rings is 1. The standard InChI is InChI=1S/C17H19N3O3S/c21-14-3-5-20(13-4-10-24-16(13)14)11-15(22)18-6-8-19(9-7-18)17(23)12-1-2-12/h3-5,10,12H,1-2,6-9,11H2. The fraction of sp³-hybridized carbons (Fsp3) is 0.471. The first-order chi connectivity index (χ1) is 11.6. The first kappa shape index (κ1) is 15.4. The van der Waals surface area contributed by atoms with Gasteiger partial charge in [0.15, 0.2) is 5.43 Å². The summed E-state index contributed by atoms with van der Waals surface area (Å²) in [5.41, 5.74) is 0.805. The molecule has 2 aliphatic rings. The van der Waals surface area contributed by atoms with Crippen molar-refractivity contribution in [2.45, 2.75) is 19.4 Å². The first-order valence-corrected chi connectivity index (χ1v) is 9.14. The van der Waals surface area contributed by atoms with Gasteiger partial charge in [-0.3, -0.25) is 14.4 Å². The molecule has 1 aliphatic carbocycles. The second-order valence-corrected chi connectivity index (χ2v) is 7.34. The summed E-state index contributed by atoms with van der Waals surface area (Å²) in [5.74, 6) is 0.521. The van der Waals surface area contributed by atoms with Crippen molar-refractivity contribution in [3.8, 4) is 0 Å². The van der Waals surface area contributed by atoms with Gasteiger partial charge in [0.1, 0.15) is 6.54 Å². The Bertz CT molecular complexity index is 844. The summed E-state index contributed by atoms with van der Waals surface area (Å²) in [7, 11) is 0. The molecule has 6 nitrogen and oxygen atoms in total. The van der Waals surface area contributed by atoms with Crippen molar-refractivity contribution in [3.63, 3.8) is 0 Å². The average Bonchev–Trinajstić information content (AvgIpc) is 3.33. The third kappa shape index (κ3) is 2.84. The highest BCUT2D eigenvalue weighted by molar-refractivity contribution is 7.17. The smallest absolute Gasteiger partial charge is 0.242 e. The molecule has 126 valence electrons. The van der Waals surface area contributed by atoms with E-state index in [2.05, 4.69) is 0 Å². The van der Waals surface area contributed by atoms with Gasteiger partial charge in [0, 0.05) is 44.4 Å². The number of hydrogen-bond donors (Lipinski definition) is 0. The van der Waals surface area contributed by atoms with Gasteiger partial charge in [-0.15, -0.1) is 11.3 Å². The summed E-state index contributed by atoms with van der Waals surface area (Å²) >= 11 is 1.40. The number of hydrogen-bond acceptors (Lipinski definition) is 4. The van der Waals surface area contributed by atoms with Crippen LogP contribution in [0.3, 0.4) is 0 Å². The van der Waals surface area contributed by atoms with Gasteiger partial charge in [-0.25, -0.2) is 0 Å². The van der Waals surface area contributed by atoms with Crippen molar-refractivity contribution in [2.24, 2.45) is 5.92 Å². The minimum absolute atomic E-state index is 0.00379. The molecule has 1 saturated heterocycles. The lowest BCUT2D eigenvalue weighted by atomic mass is 10.2. The molecule has 0 N–H and O–H groups in total. The predicted molar refractivity (Wildman–Crippen MR) is 92.0 cm³/mol. The highest BCUT2D eigenvalue weighted by atomic mass is 32.1. The molecule has 0 unspecified atom stereocenters. The van der Waals surface area contributed by atoms with Crippen LogP contribution in [-0.2, 0) is 16.1 Å². The molecule has 0 spiro atoms. The summed E-state index contributed by atoms with van der Waals surface area (Å²) in [6.07, 6.45) is 3.71. The molecular weight excluding hydrogens is 326 g/mol. The van der Waals surface area contributed by atoms with Gasteiger partial charge in [0.2, 0.25) is 11.8 Å². The Morgan fingerprint density at radius 2 is 1.79 bits per heavy atom. The number of fused-ring (bicyclic) bond motifs is 1. The van der Waals surface area contributed by atoms with Crippen LogP contribution in [0, 0.1) is 5.92 Å². The maximum atomic E-state index is 12.6. The number of aromatic nitrogens is 1. The van der Waals surface area contributed by atoms with Crippen LogP contribution < -0.4 is 5.43 Å². The van der Waals surface area contributed by atoms with Crippen LogP contribution in [0.5, 0.6) is 0 Å². The Kier molecular flexibility index (Phi) is 3.88. The molecule has 2 amide bonds. The van der Waals surface area contributed by atoms with Crippen molar-refractivity contribution in [2.75, 3.05) is 26.2 Å². The first-order valence-electron chi connectivity index (χ1n) is 8.27. The second-order valence-electron chi connectivity index (χ2n) is 6.42. The molecule has 2 fully saturated rings. The zero-order valence-corrected chi connectivity index (χ0v) is 14.1. The molecule has 2 aromatic rings. The van der Waals surface area contributed by atoms with Gasteiger partial charge in [0.25, 0.3) is 0 Å². The van der Waals surface area contributed by atoms with Gasteiger partial charge in [-0.1, -0.05) is 0 Å². The van der Waals surface area contributed by atoms with Gasteiger partial charge in [-0.2, -0.15) is 0 Å². The van der Waals surface area contributed by atoms with Crippen molar-refractivity contribution < 1.29 is 9.59 Å². The van der Waals surface area contributed by atoms with E-state index in [0.29, 0.717) is 30.9 Å². The molecule has 0 atom stereocenters. The minimum atomic E-state index is -0.00379. The number of carbonyl (C=O) groups excluding carboxylic acids is 2. The molecule has 0 radical (unpaired) electrons. The third-order valence-electron chi connectivity index (χ3n) is 4.76. The molecule has 4 rings (SSSR count). The summed E-state index contributed by atoms with van der Waals surface area (Å²) in [6, 6.07) is 3.39. The number of nitrogens with zero attached hydrogens (tertiary/aromatic N) is 3. The molecule has 2 aromatic heterocycles. The topological polar surface area (TPSA) is 62.6 Å². The van der Waals surface area contributed by atoms with E-state index >= 15 is 0 Å². The van der Waals surface area contributed by atoms with Gasteiger partial charge >= 0.3 is 0 Å². The molecule has 1 saturated carbocycles. The van der Waals surface area contributed by atoms with Crippen LogP contribution >= 0.6 is 11.3 Å². The van der Waals surface area contributed by atoms with E-state index in [1.54, 1.807) is 6.20 Å². The zero-order chi connectivity index (χ0) is 16.7. The van der Waals surface area contributed by atoms with E-state index in [1.165, 1.54) is 17.4 Å². The molecule has 7 heteroatoms. The van der Waals surface area contributed by atoms with Crippen molar-refractivity contribution in [1.82, 2.24) is 14.4 Å². The predicted octanol–water partition coefficient (Wildman–Crippen LogP) is 1.14. The molecule has 0 bridgehead atoms. The number of amides is 2. The van der Waals surface area contributed by atoms with Gasteiger partial charge in [-0.05, 0) is 24.3 Å². The lowest BCUT2D eigenvalue weighted by Crippen LogP contribution is -2.51. The quantitative estimate of drug-likeness (QED) is 0.838.